The van der Waals surface area contributed by atoms with E-state index in [9.17, 15) is 0 Å². The van der Waals surface area contributed by atoms with E-state index >= 15 is 0 Å². The molecule has 0 spiro atoms. The maximum Gasteiger partial charge on any atom is 0.0948 e. The second-order valence-electron chi connectivity index (χ2n) is 5.66. The van der Waals surface area contributed by atoms with Gasteiger partial charge in [-0.25, -0.2) is 4.98 Å². The first-order chi connectivity index (χ1) is 8.93. The van der Waals surface area contributed by atoms with Gasteiger partial charge < -0.3 is 9.88 Å². The van der Waals surface area contributed by atoms with E-state index in [4.69, 9.17) is 0 Å². The Morgan fingerprint density at radius 1 is 1.33 bits per heavy atom. The third-order valence-corrected chi connectivity index (χ3v) is 4.29. The molecular weight excluding hydrogens is 222 g/mol. The third kappa shape index (κ3) is 2.66. The minimum atomic E-state index is 0.667. The summed E-state index contributed by atoms with van der Waals surface area (Å²) in [5.74, 6) is 1.47. The summed E-state index contributed by atoms with van der Waals surface area (Å²) < 4.78 is 2.40. The Hall–Kier alpha value is -1.09. The van der Waals surface area contributed by atoms with Crippen molar-refractivity contribution in [2.45, 2.75) is 44.6 Å². The first-order valence-corrected chi connectivity index (χ1v) is 7.29. The second kappa shape index (κ2) is 5.70. The summed E-state index contributed by atoms with van der Waals surface area (Å²) in [5.41, 5.74) is 1.44. The Morgan fingerprint density at radius 3 is 3.11 bits per heavy atom. The number of piperidine rings is 1. The highest BCUT2D eigenvalue weighted by Gasteiger charge is 2.20. The van der Waals surface area contributed by atoms with Gasteiger partial charge in [0.2, 0.25) is 0 Å². The zero-order chi connectivity index (χ0) is 12.2. The van der Waals surface area contributed by atoms with Gasteiger partial charge in [0.1, 0.15) is 0 Å². The van der Waals surface area contributed by atoms with Crippen LogP contribution in [0.15, 0.2) is 24.7 Å². The molecule has 3 rings (SSSR count). The van der Waals surface area contributed by atoms with Crippen LogP contribution in [0.5, 0.6) is 0 Å². The van der Waals surface area contributed by atoms with Crippen molar-refractivity contribution in [2.24, 2.45) is 5.92 Å². The molecule has 1 aliphatic heterocycles. The SMILES string of the molecule is C1=CCC(Cn2cncc2C2CCCNC2)CC1. The monoisotopic (exact) mass is 245 g/mol. The van der Waals surface area contributed by atoms with Crippen LogP contribution in [-0.4, -0.2) is 22.6 Å². The molecule has 2 aliphatic rings. The van der Waals surface area contributed by atoms with Crippen molar-refractivity contribution in [3.8, 4) is 0 Å². The minimum absolute atomic E-state index is 0.667. The van der Waals surface area contributed by atoms with Gasteiger partial charge in [-0.05, 0) is 44.6 Å². The topological polar surface area (TPSA) is 29.9 Å². The Balaban J connectivity index is 1.68. The summed E-state index contributed by atoms with van der Waals surface area (Å²) in [5, 5.41) is 3.50. The Morgan fingerprint density at radius 2 is 2.33 bits per heavy atom. The molecule has 2 unspecified atom stereocenters. The number of nitrogens with one attached hydrogen (secondary N) is 1. The van der Waals surface area contributed by atoms with Crippen molar-refractivity contribution in [1.29, 1.82) is 0 Å². The fourth-order valence-electron chi connectivity index (χ4n) is 3.23. The number of rotatable bonds is 3. The van der Waals surface area contributed by atoms with Gasteiger partial charge in [-0.1, -0.05) is 12.2 Å². The van der Waals surface area contributed by atoms with Gasteiger partial charge in [-0.15, -0.1) is 0 Å². The molecule has 0 aromatic carbocycles. The molecule has 2 heterocycles. The van der Waals surface area contributed by atoms with E-state index in [0.717, 1.165) is 19.0 Å². The Labute approximate surface area is 109 Å². The number of aromatic nitrogens is 2. The van der Waals surface area contributed by atoms with Crippen molar-refractivity contribution in [3.63, 3.8) is 0 Å². The van der Waals surface area contributed by atoms with Crippen LogP contribution in [-0.2, 0) is 6.54 Å². The molecule has 1 aromatic heterocycles. The van der Waals surface area contributed by atoms with Crippen LogP contribution in [0.25, 0.3) is 0 Å². The number of nitrogens with zero attached hydrogens (tertiary/aromatic N) is 2. The molecule has 3 heteroatoms. The maximum atomic E-state index is 4.38. The number of allylic oxidation sites excluding steroid dienone is 2. The Bertz CT molecular complexity index is 402. The van der Waals surface area contributed by atoms with Crippen LogP contribution in [0.2, 0.25) is 0 Å². The molecular formula is C15H23N3. The van der Waals surface area contributed by atoms with E-state index in [1.165, 1.54) is 44.3 Å². The predicted molar refractivity (Wildman–Crippen MR) is 73.6 cm³/mol. The average Bonchev–Trinajstić information content (AvgIpc) is 2.89. The standard InChI is InChI=1S/C15H23N3/c1-2-5-13(6-3-1)11-18-12-17-10-15(18)14-7-4-8-16-9-14/h1-2,10,12-14,16H,3-9,11H2. The molecule has 1 aromatic rings. The highest BCUT2D eigenvalue weighted by Crippen LogP contribution is 2.26. The molecule has 1 saturated heterocycles. The van der Waals surface area contributed by atoms with Crippen LogP contribution in [0.3, 0.4) is 0 Å². The van der Waals surface area contributed by atoms with Crippen LogP contribution in [0.1, 0.15) is 43.7 Å². The molecule has 18 heavy (non-hydrogen) atoms. The van der Waals surface area contributed by atoms with Gasteiger partial charge >= 0.3 is 0 Å². The van der Waals surface area contributed by atoms with Crippen LogP contribution in [0, 0.1) is 5.92 Å². The van der Waals surface area contributed by atoms with Gasteiger partial charge in [-0.2, -0.15) is 0 Å². The van der Waals surface area contributed by atoms with E-state index in [0.29, 0.717) is 5.92 Å². The molecule has 3 nitrogen and oxygen atoms in total. The highest BCUT2D eigenvalue weighted by atomic mass is 15.1. The first kappa shape index (κ1) is 12.0. The van der Waals surface area contributed by atoms with Gasteiger partial charge in [0.05, 0.1) is 6.33 Å². The molecule has 0 amide bonds. The molecule has 1 N–H and O–H groups in total. The number of hydrogen-bond acceptors (Lipinski definition) is 2. The third-order valence-electron chi connectivity index (χ3n) is 4.29. The molecule has 0 radical (unpaired) electrons. The fraction of sp³-hybridized carbons (Fsp3) is 0.667. The van der Waals surface area contributed by atoms with Crippen molar-refractivity contribution in [3.05, 3.63) is 30.4 Å². The molecule has 98 valence electrons. The molecule has 0 saturated carbocycles. The van der Waals surface area contributed by atoms with E-state index in [1.54, 1.807) is 0 Å². The van der Waals surface area contributed by atoms with Crippen molar-refractivity contribution in [2.75, 3.05) is 13.1 Å². The van der Waals surface area contributed by atoms with E-state index < -0.39 is 0 Å². The van der Waals surface area contributed by atoms with Crippen LogP contribution in [0.4, 0.5) is 0 Å². The zero-order valence-electron chi connectivity index (χ0n) is 11.0. The fourth-order valence-corrected chi connectivity index (χ4v) is 3.23. The normalized spacial score (nSPS) is 28.4. The maximum absolute atomic E-state index is 4.38. The van der Waals surface area contributed by atoms with Crippen LogP contribution >= 0.6 is 0 Å². The molecule has 1 fully saturated rings. The van der Waals surface area contributed by atoms with E-state index in [1.807, 2.05) is 6.33 Å². The summed E-state index contributed by atoms with van der Waals surface area (Å²) >= 11 is 0. The summed E-state index contributed by atoms with van der Waals surface area (Å²) in [6.07, 6.45) is 15.2. The molecule has 1 aliphatic carbocycles. The lowest BCUT2D eigenvalue weighted by molar-refractivity contribution is 0.384. The smallest absolute Gasteiger partial charge is 0.0948 e. The van der Waals surface area contributed by atoms with Gasteiger partial charge in [0, 0.05) is 30.9 Å². The van der Waals surface area contributed by atoms with Gasteiger partial charge in [0.15, 0.2) is 0 Å². The summed E-state index contributed by atoms with van der Waals surface area (Å²) in [7, 11) is 0. The Kier molecular flexibility index (Phi) is 3.79. The van der Waals surface area contributed by atoms with Crippen LogP contribution < -0.4 is 5.32 Å². The average molecular weight is 245 g/mol. The summed E-state index contributed by atoms with van der Waals surface area (Å²) in [6, 6.07) is 0. The lowest BCUT2D eigenvalue weighted by atomic mass is 9.93. The van der Waals surface area contributed by atoms with Crippen molar-refractivity contribution >= 4 is 0 Å². The lowest BCUT2D eigenvalue weighted by Gasteiger charge is -2.26. The highest BCUT2D eigenvalue weighted by molar-refractivity contribution is 5.08. The predicted octanol–water partition coefficient (Wildman–Crippen LogP) is 2.71. The number of hydrogen-bond donors (Lipinski definition) is 1. The van der Waals surface area contributed by atoms with E-state index in [-0.39, 0.29) is 0 Å². The zero-order valence-corrected chi connectivity index (χ0v) is 11.0. The first-order valence-electron chi connectivity index (χ1n) is 7.29. The summed E-state index contributed by atoms with van der Waals surface area (Å²) in [4.78, 5) is 4.38. The van der Waals surface area contributed by atoms with E-state index in [2.05, 4.69) is 33.2 Å². The quantitative estimate of drug-likeness (QED) is 0.830. The van der Waals surface area contributed by atoms with Crippen molar-refractivity contribution < 1.29 is 0 Å². The second-order valence-corrected chi connectivity index (χ2v) is 5.66. The largest absolute Gasteiger partial charge is 0.334 e. The molecule has 2 atom stereocenters. The van der Waals surface area contributed by atoms with Crippen molar-refractivity contribution in [1.82, 2.24) is 14.9 Å². The molecule has 0 bridgehead atoms. The minimum Gasteiger partial charge on any atom is -0.334 e. The lowest BCUT2D eigenvalue weighted by Crippen LogP contribution is -2.30. The van der Waals surface area contributed by atoms with Gasteiger partial charge in [-0.3, -0.25) is 0 Å². The van der Waals surface area contributed by atoms with Gasteiger partial charge in [0.25, 0.3) is 0 Å². The summed E-state index contributed by atoms with van der Waals surface area (Å²) in [6.45, 7) is 3.45. The number of imidazole rings is 1.